The second kappa shape index (κ2) is 10.6. The van der Waals surface area contributed by atoms with Crippen molar-refractivity contribution in [2.45, 2.75) is 71.8 Å². The first kappa shape index (κ1) is 29.6. The van der Waals surface area contributed by atoms with Gasteiger partial charge in [-0.1, -0.05) is 40.7 Å². The maximum absolute atomic E-state index is 12.2. The number of aromatic amines is 1. The number of benzene rings is 2. The summed E-state index contributed by atoms with van der Waals surface area (Å²) in [5, 5.41) is 19.6. The van der Waals surface area contributed by atoms with Gasteiger partial charge in [-0.2, -0.15) is 0 Å². The summed E-state index contributed by atoms with van der Waals surface area (Å²) >= 11 is 0. The second-order valence-corrected chi connectivity index (χ2v) is 12.4. The third kappa shape index (κ3) is 5.77. The number of carbonyl (C=O) groups is 2. The summed E-state index contributed by atoms with van der Waals surface area (Å²) in [6.07, 6.45) is 0. The number of hydrogen-bond donors (Lipinski definition) is 3. The van der Waals surface area contributed by atoms with E-state index in [1.807, 2.05) is 35.7 Å². The lowest BCUT2D eigenvalue weighted by molar-refractivity contribution is 0.0599. The summed E-state index contributed by atoms with van der Waals surface area (Å²) in [6.45, 7) is 17.1. The molecule has 0 saturated carbocycles. The topological polar surface area (TPSA) is 123 Å². The quantitative estimate of drug-likeness (QED) is 0.219. The van der Waals surface area contributed by atoms with Crippen molar-refractivity contribution in [1.29, 1.82) is 0 Å². The van der Waals surface area contributed by atoms with E-state index >= 15 is 0 Å². The van der Waals surface area contributed by atoms with Gasteiger partial charge in [0.2, 0.25) is 0 Å². The summed E-state index contributed by atoms with van der Waals surface area (Å²) in [5.74, 6) is -0.274. The summed E-state index contributed by atoms with van der Waals surface area (Å²) < 4.78 is 11.7. The zero-order valence-corrected chi connectivity index (χ0v) is 25.5. The molecule has 4 rings (SSSR count). The molecule has 2 aromatic carbocycles. The first-order valence-corrected chi connectivity index (χ1v) is 13.5. The third-order valence-electron chi connectivity index (χ3n) is 7.87. The molecular formula is C31H40N6O4. The number of aryl methyl sites for hydroxylation is 1. The van der Waals surface area contributed by atoms with Crippen LogP contribution < -0.4 is 10.6 Å². The number of esters is 2. The van der Waals surface area contributed by atoms with Crippen molar-refractivity contribution in [3.63, 3.8) is 0 Å². The maximum Gasteiger partial charge on any atom is 0.337 e. The number of ether oxygens (including phenoxy) is 2. The van der Waals surface area contributed by atoms with Crippen LogP contribution in [0.25, 0.3) is 5.65 Å². The molecule has 41 heavy (non-hydrogen) atoms. The SMILES string of the molecule is COC(=O)c1cc(Nc2ccc(C)c(NC(C)(C)C(C)(C)c3nnc4cc(C(C)(C)C)[nH]n34)c2)cc(C(=O)OC)c1. The Bertz CT molecular complexity index is 1570. The van der Waals surface area contributed by atoms with Gasteiger partial charge in [-0.25, -0.2) is 14.1 Å². The van der Waals surface area contributed by atoms with Crippen LogP contribution in [0.3, 0.4) is 0 Å². The highest BCUT2D eigenvalue weighted by Crippen LogP contribution is 2.38. The van der Waals surface area contributed by atoms with Crippen molar-refractivity contribution < 1.29 is 19.1 Å². The van der Waals surface area contributed by atoms with Gasteiger partial charge < -0.3 is 20.1 Å². The molecule has 0 saturated heterocycles. The molecule has 0 aliphatic carbocycles. The largest absolute Gasteiger partial charge is 0.465 e. The molecule has 4 aromatic rings. The van der Waals surface area contributed by atoms with Crippen LogP contribution in [0, 0.1) is 6.92 Å². The Hall–Kier alpha value is -4.34. The van der Waals surface area contributed by atoms with E-state index in [9.17, 15) is 9.59 Å². The fourth-order valence-corrected chi connectivity index (χ4v) is 4.52. The van der Waals surface area contributed by atoms with E-state index in [0.717, 1.165) is 34.1 Å². The Morgan fingerprint density at radius 3 is 2.00 bits per heavy atom. The number of methoxy groups -OCH3 is 2. The molecule has 0 bridgehead atoms. The average Bonchev–Trinajstić information content (AvgIpc) is 3.51. The number of hydrogen-bond acceptors (Lipinski definition) is 8. The molecule has 10 nitrogen and oxygen atoms in total. The minimum Gasteiger partial charge on any atom is -0.465 e. The predicted molar refractivity (Wildman–Crippen MR) is 160 cm³/mol. The molecule has 218 valence electrons. The predicted octanol–water partition coefficient (Wildman–Crippen LogP) is 6.15. The molecule has 0 amide bonds. The highest BCUT2D eigenvalue weighted by Gasteiger charge is 2.43. The monoisotopic (exact) mass is 560 g/mol. The Morgan fingerprint density at radius 2 is 1.44 bits per heavy atom. The number of anilines is 3. The van der Waals surface area contributed by atoms with E-state index in [1.165, 1.54) is 20.3 Å². The molecule has 2 aromatic heterocycles. The van der Waals surface area contributed by atoms with E-state index in [1.54, 1.807) is 12.1 Å². The Labute approximate surface area is 240 Å². The molecule has 0 aliphatic rings. The lowest BCUT2D eigenvalue weighted by Crippen LogP contribution is -2.50. The summed E-state index contributed by atoms with van der Waals surface area (Å²) in [7, 11) is 2.59. The first-order chi connectivity index (χ1) is 19.1. The average molecular weight is 561 g/mol. The molecule has 3 N–H and O–H groups in total. The van der Waals surface area contributed by atoms with E-state index in [-0.39, 0.29) is 16.5 Å². The normalized spacial score (nSPS) is 12.3. The summed E-state index contributed by atoms with van der Waals surface area (Å²) in [4.78, 5) is 24.5. The molecule has 0 spiro atoms. The molecule has 10 heteroatoms. The molecule has 0 fully saturated rings. The van der Waals surface area contributed by atoms with E-state index in [2.05, 4.69) is 74.4 Å². The molecular weight excluding hydrogens is 520 g/mol. The van der Waals surface area contributed by atoms with E-state index in [0.29, 0.717) is 5.69 Å². The molecule has 2 heterocycles. The van der Waals surface area contributed by atoms with Crippen molar-refractivity contribution in [2.75, 3.05) is 24.9 Å². The van der Waals surface area contributed by atoms with Crippen molar-refractivity contribution in [3.05, 3.63) is 70.7 Å². The number of fused-ring (bicyclic) bond motifs is 1. The van der Waals surface area contributed by atoms with Gasteiger partial charge in [0.25, 0.3) is 0 Å². The zero-order valence-electron chi connectivity index (χ0n) is 25.5. The standard InChI is InChI=1S/C31H40N6O4/c1-18-11-12-21(32-22-14-19(26(38)40-9)13-20(15-22)27(39)41-10)16-23(18)33-31(7,8)30(5,6)28-35-34-25-17-24(29(2,3)4)36-37(25)28/h11-17,32-33,36H,1-10H3. The van der Waals surface area contributed by atoms with E-state index < -0.39 is 22.9 Å². The van der Waals surface area contributed by atoms with Crippen LogP contribution >= 0.6 is 0 Å². The van der Waals surface area contributed by atoms with Gasteiger partial charge in [-0.15, -0.1) is 10.2 Å². The highest BCUT2D eigenvalue weighted by molar-refractivity contribution is 5.97. The zero-order chi connectivity index (χ0) is 30.3. The van der Waals surface area contributed by atoms with Gasteiger partial charge >= 0.3 is 11.9 Å². The first-order valence-electron chi connectivity index (χ1n) is 13.5. The smallest absolute Gasteiger partial charge is 0.337 e. The number of H-pyrrole nitrogens is 1. The third-order valence-corrected chi connectivity index (χ3v) is 7.87. The number of nitrogens with one attached hydrogen (secondary N) is 3. The van der Waals surface area contributed by atoms with Crippen molar-refractivity contribution in [2.24, 2.45) is 0 Å². The maximum atomic E-state index is 12.2. The highest BCUT2D eigenvalue weighted by atomic mass is 16.5. The second-order valence-electron chi connectivity index (χ2n) is 12.4. The van der Waals surface area contributed by atoms with Crippen LogP contribution in [0.5, 0.6) is 0 Å². The number of rotatable bonds is 8. The van der Waals surface area contributed by atoms with Gasteiger partial charge in [0.05, 0.1) is 25.3 Å². The van der Waals surface area contributed by atoms with Crippen molar-refractivity contribution >= 4 is 34.6 Å². The lowest BCUT2D eigenvalue weighted by atomic mass is 9.73. The van der Waals surface area contributed by atoms with Crippen LogP contribution in [0.15, 0.2) is 42.5 Å². The number of carbonyl (C=O) groups excluding carboxylic acids is 2. The van der Waals surface area contributed by atoms with Gasteiger partial charge in [-0.3, -0.25) is 5.10 Å². The Kier molecular flexibility index (Phi) is 7.64. The molecule has 0 atom stereocenters. The molecule has 0 unspecified atom stereocenters. The minimum absolute atomic E-state index is 0.0472. The van der Waals surface area contributed by atoms with Gasteiger partial charge in [0, 0.05) is 45.2 Å². The van der Waals surface area contributed by atoms with Crippen LogP contribution in [-0.4, -0.2) is 51.5 Å². The minimum atomic E-state index is -0.548. The summed E-state index contributed by atoms with van der Waals surface area (Å²) in [6, 6.07) is 12.7. The summed E-state index contributed by atoms with van der Waals surface area (Å²) in [5.41, 5.74) is 4.70. The lowest BCUT2D eigenvalue weighted by Gasteiger charge is -2.42. The van der Waals surface area contributed by atoms with Crippen molar-refractivity contribution in [1.82, 2.24) is 19.8 Å². The van der Waals surface area contributed by atoms with Crippen LogP contribution in [0.4, 0.5) is 17.1 Å². The van der Waals surface area contributed by atoms with Crippen LogP contribution in [0.2, 0.25) is 0 Å². The van der Waals surface area contributed by atoms with Gasteiger partial charge in [0.15, 0.2) is 11.5 Å². The molecule has 0 radical (unpaired) electrons. The fourth-order valence-electron chi connectivity index (χ4n) is 4.52. The van der Waals surface area contributed by atoms with Crippen LogP contribution in [0.1, 0.15) is 86.3 Å². The van der Waals surface area contributed by atoms with Crippen molar-refractivity contribution in [3.8, 4) is 0 Å². The molecule has 0 aliphatic heterocycles. The van der Waals surface area contributed by atoms with Gasteiger partial charge in [-0.05, 0) is 56.7 Å². The Balaban J connectivity index is 1.65. The number of nitrogens with zero attached hydrogens (tertiary/aromatic N) is 3. The number of aromatic nitrogens is 4. The fraction of sp³-hybridized carbons (Fsp3) is 0.419. The Morgan fingerprint density at radius 1 is 0.829 bits per heavy atom. The van der Waals surface area contributed by atoms with Gasteiger partial charge in [0.1, 0.15) is 0 Å². The van der Waals surface area contributed by atoms with E-state index in [4.69, 9.17) is 9.47 Å². The van der Waals surface area contributed by atoms with Crippen LogP contribution in [-0.2, 0) is 20.3 Å².